The predicted octanol–water partition coefficient (Wildman–Crippen LogP) is 3.01. The van der Waals surface area contributed by atoms with E-state index in [0.717, 1.165) is 31.4 Å². The van der Waals surface area contributed by atoms with E-state index in [0.29, 0.717) is 13.0 Å². The first kappa shape index (κ1) is 14.5. The Kier molecular flexibility index (Phi) is 3.98. The Labute approximate surface area is 125 Å². The highest BCUT2D eigenvalue weighted by molar-refractivity contribution is 5.71. The molecule has 1 aromatic rings. The fourth-order valence-electron chi connectivity index (χ4n) is 4.04. The van der Waals surface area contributed by atoms with Crippen LogP contribution in [0.1, 0.15) is 50.6 Å². The number of carbonyl (C=O) groups is 1. The Hall–Kier alpha value is -1.42. The Morgan fingerprint density at radius 3 is 2.81 bits per heavy atom. The lowest BCUT2D eigenvalue weighted by molar-refractivity contribution is -0.147. The van der Waals surface area contributed by atoms with Gasteiger partial charge < -0.3 is 9.47 Å². The third-order valence-corrected chi connectivity index (χ3v) is 5.08. The molecule has 3 rings (SSSR count). The van der Waals surface area contributed by atoms with Gasteiger partial charge in [0.15, 0.2) is 0 Å². The van der Waals surface area contributed by atoms with Crippen molar-refractivity contribution >= 4 is 5.97 Å². The van der Waals surface area contributed by atoms with Crippen LogP contribution < -0.4 is 0 Å². The molecule has 114 valence electrons. The molecule has 2 fully saturated rings. The summed E-state index contributed by atoms with van der Waals surface area (Å²) < 4.78 is 11.1. The molecule has 0 radical (unpaired) electrons. The van der Waals surface area contributed by atoms with Gasteiger partial charge in [-0.2, -0.15) is 0 Å². The molecule has 0 amide bonds. The number of carbonyl (C=O) groups excluding carboxylic acids is 1. The summed E-state index contributed by atoms with van der Waals surface area (Å²) in [4.78, 5) is 16.5. The van der Waals surface area contributed by atoms with Crippen LogP contribution in [0.15, 0.2) is 24.4 Å². The van der Waals surface area contributed by atoms with Crippen LogP contribution in [0, 0.1) is 0 Å². The van der Waals surface area contributed by atoms with E-state index < -0.39 is 0 Å². The monoisotopic (exact) mass is 289 g/mol. The first-order valence-corrected chi connectivity index (χ1v) is 7.80. The molecule has 2 aliphatic rings. The largest absolute Gasteiger partial charge is 0.469 e. The van der Waals surface area contributed by atoms with Crippen molar-refractivity contribution in [1.29, 1.82) is 0 Å². The van der Waals surface area contributed by atoms with Crippen molar-refractivity contribution in [3.63, 3.8) is 0 Å². The summed E-state index contributed by atoms with van der Waals surface area (Å²) in [5.74, 6) is -0.157. The quantitative estimate of drug-likeness (QED) is 0.803. The minimum absolute atomic E-state index is 0.0518. The van der Waals surface area contributed by atoms with Gasteiger partial charge in [-0.1, -0.05) is 18.9 Å². The van der Waals surface area contributed by atoms with E-state index in [9.17, 15) is 4.79 Å². The number of hydrogen-bond acceptors (Lipinski definition) is 4. The van der Waals surface area contributed by atoms with E-state index in [-0.39, 0.29) is 17.0 Å². The highest BCUT2D eigenvalue weighted by Gasteiger charge is 2.49. The average molecular weight is 289 g/mol. The van der Waals surface area contributed by atoms with Crippen molar-refractivity contribution in [3.8, 4) is 0 Å². The highest BCUT2D eigenvalue weighted by atomic mass is 16.5. The topological polar surface area (TPSA) is 48.4 Å². The number of nitrogens with zero attached hydrogens (tertiary/aromatic N) is 1. The molecule has 1 unspecified atom stereocenters. The summed E-state index contributed by atoms with van der Waals surface area (Å²) in [5.41, 5.74) is 0.714. The zero-order valence-electron chi connectivity index (χ0n) is 12.6. The van der Waals surface area contributed by atoms with Crippen LogP contribution in [0.2, 0.25) is 0 Å². The summed E-state index contributed by atoms with van der Waals surface area (Å²) in [5, 5.41) is 0. The van der Waals surface area contributed by atoms with Crippen molar-refractivity contribution < 1.29 is 14.3 Å². The number of esters is 1. The van der Waals surface area contributed by atoms with E-state index in [2.05, 4.69) is 4.98 Å². The lowest BCUT2D eigenvalue weighted by Crippen LogP contribution is -2.47. The van der Waals surface area contributed by atoms with Crippen molar-refractivity contribution in [2.45, 2.75) is 56.0 Å². The van der Waals surface area contributed by atoms with E-state index in [1.54, 1.807) is 0 Å². The molecule has 1 aliphatic carbocycles. The first-order chi connectivity index (χ1) is 10.2. The summed E-state index contributed by atoms with van der Waals surface area (Å²) in [7, 11) is 1.46. The molecule has 1 saturated heterocycles. The maximum absolute atomic E-state index is 12.0. The number of hydrogen-bond donors (Lipinski definition) is 0. The molecule has 1 aromatic heterocycles. The number of aromatic nitrogens is 1. The van der Waals surface area contributed by atoms with Crippen LogP contribution in [-0.2, 0) is 19.7 Å². The lowest BCUT2D eigenvalue weighted by atomic mass is 9.68. The fourth-order valence-corrected chi connectivity index (χ4v) is 4.04. The Morgan fingerprint density at radius 1 is 1.33 bits per heavy atom. The second kappa shape index (κ2) is 5.76. The Balaban J connectivity index is 1.94. The highest BCUT2D eigenvalue weighted by Crippen LogP contribution is 2.49. The van der Waals surface area contributed by atoms with Crippen molar-refractivity contribution in [2.24, 2.45) is 0 Å². The minimum Gasteiger partial charge on any atom is -0.469 e. The lowest BCUT2D eigenvalue weighted by Gasteiger charge is -2.45. The van der Waals surface area contributed by atoms with Crippen LogP contribution in [0.25, 0.3) is 0 Å². The summed E-state index contributed by atoms with van der Waals surface area (Å²) in [6.45, 7) is 0.702. The molecule has 4 heteroatoms. The van der Waals surface area contributed by atoms with Crippen LogP contribution in [-0.4, -0.2) is 30.3 Å². The molecule has 21 heavy (non-hydrogen) atoms. The minimum atomic E-state index is -0.239. The summed E-state index contributed by atoms with van der Waals surface area (Å²) in [6, 6.07) is 5.95. The smallest absolute Gasteiger partial charge is 0.306 e. The van der Waals surface area contributed by atoms with E-state index in [1.165, 1.54) is 20.0 Å². The van der Waals surface area contributed by atoms with Gasteiger partial charge in [0, 0.05) is 23.9 Å². The molecule has 1 aliphatic heterocycles. The molecule has 1 saturated carbocycles. The van der Waals surface area contributed by atoms with Gasteiger partial charge in [0.1, 0.15) is 0 Å². The fraction of sp³-hybridized carbons (Fsp3) is 0.647. The van der Waals surface area contributed by atoms with Gasteiger partial charge in [0.05, 0.1) is 19.1 Å². The number of pyridine rings is 1. The predicted molar refractivity (Wildman–Crippen MR) is 78.9 cm³/mol. The van der Waals surface area contributed by atoms with E-state index >= 15 is 0 Å². The van der Waals surface area contributed by atoms with Crippen molar-refractivity contribution in [1.82, 2.24) is 4.98 Å². The van der Waals surface area contributed by atoms with Crippen LogP contribution in [0.4, 0.5) is 0 Å². The van der Waals surface area contributed by atoms with Gasteiger partial charge in [0.2, 0.25) is 0 Å². The SMILES string of the molecule is COC(=O)CC1(c2ccccn2)CCOC2(CCCC2)C1. The van der Waals surface area contributed by atoms with Gasteiger partial charge in [-0.3, -0.25) is 9.78 Å². The molecule has 0 bridgehead atoms. The number of rotatable bonds is 3. The molecule has 4 nitrogen and oxygen atoms in total. The maximum atomic E-state index is 12.0. The molecule has 0 aromatic carbocycles. The van der Waals surface area contributed by atoms with Crippen LogP contribution in [0.3, 0.4) is 0 Å². The van der Waals surface area contributed by atoms with E-state index in [4.69, 9.17) is 9.47 Å². The first-order valence-electron chi connectivity index (χ1n) is 7.80. The second-order valence-electron chi connectivity index (χ2n) is 6.41. The van der Waals surface area contributed by atoms with Gasteiger partial charge >= 0.3 is 5.97 Å². The van der Waals surface area contributed by atoms with Gasteiger partial charge in [-0.05, 0) is 37.8 Å². The average Bonchev–Trinajstić information content (AvgIpc) is 2.95. The molecule has 2 heterocycles. The van der Waals surface area contributed by atoms with E-state index in [1.807, 2.05) is 24.4 Å². The zero-order valence-corrected chi connectivity index (χ0v) is 12.6. The second-order valence-corrected chi connectivity index (χ2v) is 6.41. The van der Waals surface area contributed by atoms with Gasteiger partial charge in [0.25, 0.3) is 0 Å². The zero-order chi connectivity index (χ0) is 14.8. The molecule has 1 spiro atoms. The molecule has 1 atom stereocenters. The Bertz CT molecular complexity index is 496. The molecule has 0 N–H and O–H groups in total. The summed E-state index contributed by atoms with van der Waals surface area (Å²) >= 11 is 0. The van der Waals surface area contributed by atoms with Crippen LogP contribution in [0.5, 0.6) is 0 Å². The maximum Gasteiger partial charge on any atom is 0.306 e. The van der Waals surface area contributed by atoms with Crippen molar-refractivity contribution in [3.05, 3.63) is 30.1 Å². The third-order valence-electron chi connectivity index (χ3n) is 5.08. The standard InChI is InChI=1S/C17H23NO3/c1-20-15(19)12-16(14-6-2-5-10-18-14)9-11-21-17(13-16)7-3-4-8-17/h2,5-6,10H,3-4,7-9,11-13H2,1H3. The molecular formula is C17H23NO3. The van der Waals surface area contributed by atoms with Crippen molar-refractivity contribution in [2.75, 3.05) is 13.7 Å². The van der Waals surface area contributed by atoms with Crippen LogP contribution >= 0.6 is 0 Å². The third kappa shape index (κ3) is 2.82. The van der Waals surface area contributed by atoms with Gasteiger partial charge in [-0.15, -0.1) is 0 Å². The number of ether oxygens (including phenoxy) is 2. The van der Waals surface area contributed by atoms with Gasteiger partial charge in [-0.25, -0.2) is 0 Å². The Morgan fingerprint density at radius 2 is 2.14 bits per heavy atom. The number of methoxy groups -OCH3 is 1. The molecular weight excluding hydrogens is 266 g/mol. The normalized spacial score (nSPS) is 27.7. The summed E-state index contributed by atoms with van der Waals surface area (Å²) in [6.07, 6.45) is 8.56.